The molecule has 5 rings (SSSR count). The minimum atomic E-state index is 0.0427. The maximum absolute atomic E-state index is 12.9. The molecule has 1 aromatic carbocycles. The van der Waals surface area contributed by atoms with Gasteiger partial charge in [0.15, 0.2) is 0 Å². The normalized spacial score (nSPS) is 22.5. The number of piperidine rings is 1. The number of benzene rings is 1. The van der Waals surface area contributed by atoms with Crippen LogP contribution in [0.4, 0.5) is 11.5 Å². The molecular formula is C23H27N3O2. The predicted molar refractivity (Wildman–Crippen MR) is 110 cm³/mol. The lowest BCUT2D eigenvalue weighted by atomic mass is 9.90. The molecule has 0 N–H and O–H groups in total. The Bertz CT molecular complexity index is 837. The van der Waals surface area contributed by atoms with Crippen molar-refractivity contribution in [1.82, 2.24) is 4.98 Å². The monoisotopic (exact) mass is 377 g/mol. The highest BCUT2D eigenvalue weighted by molar-refractivity contribution is 6.07. The smallest absolute Gasteiger partial charge is 0.259 e. The van der Waals surface area contributed by atoms with E-state index in [0.717, 1.165) is 57.0 Å². The van der Waals surface area contributed by atoms with E-state index in [1.165, 1.54) is 18.4 Å². The van der Waals surface area contributed by atoms with Gasteiger partial charge in [-0.1, -0.05) is 18.2 Å². The first kappa shape index (κ1) is 17.7. The Morgan fingerprint density at radius 3 is 2.64 bits per heavy atom. The number of nitrogens with zero attached hydrogens (tertiary/aromatic N) is 3. The molecule has 4 heterocycles. The van der Waals surface area contributed by atoms with E-state index >= 15 is 0 Å². The van der Waals surface area contributed by atoms with E-state index in [2.05, 4.69) is 16.0 Å². The van der Waals surface area contributed by atoms with Crippen molar-refractivity contribution in [3.8, 4) is 0 Å². The van der Waals surface area contributed by atoms with Gasteiger partial charge in [0.25, 0.3) is 5.91 Å². The van der Waals surface area contributed by atoms with Gasteiger partial charge in [-0.3, -0.25) is 4.79 Å². The molecular weight excluding hydrogens is 350 g/mol. The van der Waals surface area contributed by atoms with Gasteiger partial charge in [0.2, 0.25) is 0 Å². The van der Waals surface area contributed by atoms with Crippen molar-refractivity contribution in [3.63, 3.8) is 0 Å². The number of fused-ring (bicyclic) bond motifs is 1. The molecule has 0 saturated carbocycles. The Labute approximate surface area is 166 Å². The van der Waals surface area contributed by atoms with Crippen molar-refractivity contribution in [1.29, 1.82) is 0 Å². The molecule has 2 aromatic rings. The van der Waals surface area contributed by atoms with E-state index in [1.54, 1.807) is 6.20 Å². The number of carbonyl (C=O) groups is 1. The number of hydrogen-bond donors (Lipinski definition) is 0. The van der Waals surface area contributed by atoms with E-state index in [1.807, 2.05) is 35.2 Å². The van der Waals surface area contributed by atoms with Crippen LogP contribution in [0.2, 0.25) is 0 Å². The van der Waals surface area contributed by atoms with Gasteiger partial charge in [-0.05, 0) is 61.8 Å². The Balaban J connectivity index is 1.23. The molecule has 1 amide bonds. The molecule has 1 aromatic heterocycles. The highest BCUT2D eigenvalue weighted by atomic mass is 16.5. The van der Waals surface area contributed by atoms with Gasteiger partial charge in [0.05, 0.1) is 11.7 Å². The van der Waals surface area contributed by atoms with Crippen LogP contribution in [0, 0.1) is 5.92 Å². The Kier molecular flexibility index (Phi) is 4.77. The number of ether oxygens (including phenoxy) is 1. The molecule has 5 nitrogen and oxygen atoms in total. The summed E-state index contributed by atoms with van der Waals surface area (Å²) in [6.45, 7) is 3.72. The molecule has 146 valence electrons. The highest BCUT2D eigenvalue weighted by Crippen LogP contribution is 2.31. The summed E-state index contributed by atoms with van der Waals surface area (Å²) in [5, 5.41) is 0. The number of pyridine rings is 1. The number of carbonyl (C=O) groups excluding carboxylic acids is 1. The van der Waals surface area contributed by atoms with Crippen LogP contribution in [0.25, 0.3) is 0 Å². The van der Waals surface area contributed by atoms with Crippen molar-refractivity contribution in [2.45, 2.75) is 38.2 Å². The van der Waals surface area contributed by atoms with Gasteiger partial charge in [-0.15, -0.1) is 0 Å². The number of rotatable bonds is 3. The molecule has 1 atom stereocenters. The van der Waals surface area contributed by atoms with Crippen molar-refractivity contribution in [2.24, 2.45) is 5.92 Å². The molecule has 2 fully saturated rings. The fraction of sp³-hybridized carbons (Fsp3) is 0.478. The highest BCUT2D eigenvalue weighted by Gasteiger charge is 2.30. The topological polar surface area (TPSA) is 45.7 Å². The summed E-state index contributed by atoms with van der Waals surface area (Å²) in [7, 11) is 0. The van der Waals surface area contributed by atoms with Crippen LogP contribution >= 0.6 is 0 Å². The largest absolute Gasteiger partial charge is 0.378 e. The quantitative estimate of drug-likeness (QED) is 0.819. The molecule has 0 spiro atoms. The lowest BCUT2D eigenvalue weighted by Crippen LogP contribution is -2.38. The fourth-order valence-corrected chi connectivity index (χ4v) is 4.88. The summed E-state index contributed by atoms with van der Waals surface area (Å²) < 4.78 is 5.87. The average Bonchev–Trinajstić information content (AvgIpc) is 3.44. The Morgan fingerprint density at radius 2 is 1.89 bits per heavy atom. The average molecular weight is 377 g/mol. The van der Waals surface area contributed by atoms with Crippen LogP contribution in [0.1, 0.15) is 41.6 Å². The minimum Gasteiger partial charge on any atom is -0.378 e. The molecule has 5 heteroatoms. The van der Waals surface area contributed by atoms with Gasteiger partial charge >= 0.3 is 0 Å². The SMILES string of the molecule is O=C(c1ccc(N2CCC(C3CCCO3)CC2)nc1)N1CCc2ccccc21. The summed E-state index contributed by atoms with van der Waals surface area (Å²) in [5.74, 6) is 1.71. The van der Waals surface area contributed by atoms with E-state index in [4.69, 9.17) is 4.74 Å². The summed E-state index contributed by atoms with van der Waals surface area (Å²) in [6, 6.07) is 12.1. The molecule has 28 heavy (non-hydrogen) atoms. The lowest BCUT2D eigenvalue weighted by molar-refractivity contribution is 0.0531. The van der Waals surface area contributed by atoms with Gasteiger partial charge < -0.3 is 14.5 Å². The van der Waals surface area contributed by atoms with Crippen molar-refractivity contribution < 1.29 is 9.53 Å². The summed E-state index contributed by atoms with van der Waals surface area (Å²) in [6.07, 6.45) is 7.90. The summed E-state index contributed by atoms with van der Waals surface area (Å²) in [4.78, 5) is 21.8. The zero-order valence-electron chi connectivity index (χ0n) is 16.2. The second-order valence-electron chi connectivity index (χ2n) is 8.12. The van der Waals surface area contributed by atoms with Crippen LogP contribution < -0.4 is 9.80 Å². The molecule has 0 bridgehead atoms. The molecule has 2 saturated heterocycles. The van der Waals surface area contributed by atoms with Crippen LogP contribution in [-0.2, 0) is 11.2 Å². The Hall–Kier alpha value is -2.40. The number of hydrogen-bond acceptors (Lipinski definition) is 4. The molecule has 0 radical (unpaired) electrons. The first-order valence-corrected chi connectivity index (χ1v) is 10.5. The Morgan fingerprint density at radius 1 is 1.04 bits per heavy atom. The molecule has 3 aliphatic rings. The minimum absolute atomic E-state index is 0.0427. The van der Waals surface area contributed by atoms with Crippen LogP contribution in [-0.4, -0.2) is 43.2 Å². The predicted octanol–water partition coefficient (Wildman–Crippen LogP) is 3.68. The third kappa shape index (κ3) is 3.28. The third-order valence-electron chi connectivity index (χ3n) is 6.48. The fourth-order valence-electron chi connectivity index (χ4n) is 4.88. The molecule has 0 aliphatic carbocycles. The zero-order valence-corrected chi connectivity index (χ0v) is 16.2. The van der Waals surface area contributed by atoms with E-state index in [-0.39, 0.29) is 5.91 Å². The van der Waals surface area contributed by atoms with Crippen molar-refractivity contribution in [3.05, 3.63) is 53.7 Å². The van der Waals surface area contributed by atoms with Gasteiger partial charge in [-0.2, -0.15) is 0 Å². The first-order chi connectivity index (χ1) is 13.8. The first-order valence-electron chi connectivity index (χ1n) is 10.5. The summed E-state index contributed by atoms with van der Waals surface area (Å²) >= 11 is 0. The lowest BCUT2D eigenvalue weighted by Gasteiger charge is -2.35. The van der Waals surface area contributed by atoms with Crippen LogP contribution in [0.5, 0.6) is 0 Å². The van der Waals surface area contributed by atoms with Gasteiger partial charge in [0.1, 0.15) is 5.82 Å². The van der Waals surface area contributed by atoms with Crippen molar-refractivity contribution in [2.75, 3.05) is 36.0 Å². The van der Waals surface area contributed by atoms with Crippen molar-refractivity contribution >= 4 is 17.4 Å². The number of para-hydroxylation sites is 1. The van der Waals surface area contributed by atoms with Crippen LogP contribution in [0.3, 0.4) is 0 Å². The maximum Gasteiger partial charge on any atom is 0.259 e. The second-order valence-corrected chi connectivity index (χ2v) is 8.12. The number of anilines is 2. The van der Waals surface area contributed by atoms with E-state index < -0.39 is 0 Å². The molecule has 1 unspecified atom stereocenters. The van der Waals surface area contributed by atoms with Crippen LogP contribution in [0.15, 0.2) is 42.6 Å². The summed E-state index contributed by atoms with van der Waals surface area (Å²) in [5.41, 5.74) is 2.94. The molecule has 3 aliphatic heterocycles. The maximum atomic E-state index is 12.9. The van der Waals surface area contributed by atoms with Gasteiger partial charge in [-0.25, -0.2) is 4.98 Å². The number of aromatic nitrogens is 1. The second kappa shape index (κ2) is 7.55. The van der Waals surface area contributed by atoms with Gasteiger partial charge in [0, 0.05) is 38.1 Å². The third-order valence-corrected chi connectivity index (χ3v) is 6.48. The number of amides is 1. The van der Waals surface area contributed by atoms with E-state index in [9.17, 15) is 4.79 Å². The van der Waals surface area contributed by atoms with E-state index in [0.29, 0.717) is 17.6 Å². The zero-order chi connectivity index (χ0) is 18.9. The standard InChI is InChI=1S/C23H27N3O2/c27-23(26-14-11-17-4-1-2-5-20(17)26)19-7-8-22(24-16-19)25-12-9-18(10-13-25)21-6-3-15-28-21/h1-2,4-5,7-8,16,18,21H,3,6,9-15H2.